The second kappa shape index (κ2) is 7.83. The van der Waals surface area contributed by atoms with Crippen molar-refractivity contribution in [1.29, 1.82) is 0 Å². The molecule has 0 saturated carbocycles. The van der Waals surface area contributed by atoms with Crippen molar-refractivity contribution in [3.63, 3.8) is 0 Å². The molecule has 2 aromatic heterocycles. The largest absolute Gasteiger partial charge is 0.339 e. The molecule has 0 spiro atoms. The number of nitrogens with zero attached hydrogens (tertiary/aromatic N) is 2. The Morgan fingerprint density at radius 2 is 1.80 bits per heavy atom. The number of hydrogen-bond donors (Lipinski definition) is 2. The Morgan fingerprint density at radius 1 is 1.03 bits per heavy atom. The summed E-state index contributed by atoms with van der Waals surface area (Å²) in [6, 6.07) is 11.8. The summed E-state index contributed by atoms with van der Waals surface area (Å²) < 4.78 is 54.3. The minimum atomic E-state index is -3.52. The van der Waals surface area contributed by atoms with Gasteiger partial charge in [-0.15, -0.1) is 0 Å². The van der Waals surface area contributed by atoms with Crippen LogP contribution in [0.5, 0.6) is 0 Å². The van der Waals surface area contributed by atoms with Crippen molar-refractivity contribution in [2.75, 3.05) is 10.5 Å². The molecule has 0 atom stereocenters. The van der Waals surface area contributed by atoms with Crippen molar-refractivity contribution in [2.45, 2.75) is 13.3 Å². The van der Waals surface area contributed by atoms with E-state index in [1.807, 2.05) is 0 Å². The van der Waals surface area contributed by atoms with E-state index in [2.05, 4.69) is 19.7 Å². The monoisotopic (exact) mass is 428 g/mol. The average Bonchev–Trinajstić information content (AvgIpc) is 3.13. The van der Waals surface area contributed by atoms with E-state index in [0.717, 1.165) is 11.6 Å². The molecule has 2 N–H and O–H groups in total. The van der Waals surface area contributed by atoms with Gasteiger partial charge in [-0.1, -0.05) is 6.92 Å². The van der Waals surface area contributed by atoms with Gasteiger partial charge < -0.3 is 4.98 Å². The van der Waals surface area contributed by atoms with Crippen molar-refractivity contribution in [3.8, 4) is 22.5 Å². The molecule has 0 radical (unpaired) electrons. The Labute approximate surface area is 172 Å². The lowest BCUT2D eigenvalue weighted by atomic mass is 10.1. The first-order chi connectivity index (χ1) is 14.4. The van der Waals surface area contributed by atoms with Crippen molar-refractivity contribution in [3.05, 3.63) is 66.5 Å². The van der Waals surface area contributed by atoms with Crippen LogP contribution >= 0.6 is 0 Å². The van der Waals surface area contributed by atoms with E-state index in [4.69, 9.17) is 0 Å². The summed E-state index contributed by atoms with van der Waals surface area (Å²) in [7, 11) is -3.52. The molecule has 0 fully saturated rings. The van der Waals surface area contributed by atoms with Gasteiger partial charge in [0.05, 0.1) is 17.1 Å². The molecule has 2 aromatic carbocycles. The molecule has 6 nitrogen and oxygen atoms in total. The van der Waals surface area contributed by atoms with Gasteiger partial charge in [-0.05, 0) is 60.5 Å². The first-order valence-electron chi connectivity index (χ1n) is 9.26. The first-order valence-corrected chi connectivity index (χ1v) is 10.9. The third kappa shape index (κ3) is 4.02. The van der Waals surface area contributed by atoms with E-state index in [1.165, 1.54) is 30.6 Å². The minimum Gasteiger partial charge on any atom is -0.339 e. The van der Waals surface area contributed by atoms with Crippen molar-refractivity contribution in [2.24, 2.45) is 0 Å². The van der Waals surface area contributed by atoms with Crippen LogP contribution in [0.15, 0.2) is 54.9 Å². The Bertz CT molecular complexity index is 1320. The number of nitrogens with one attached hydrogen (secondary N) is 2. The molecule has 9 heteroatoms. The van der Waals surface area contributed by atoms with Gasteiger partial charge >= 0.3 is 0 Å². The third-order valence-electron chi connectivity index (χ3n) is 4.55. The molecule has 0 saturated heterocycles. The summed E-state index contributed by atoms with van der Waals surface area (Å²) in [5.41, 5.74) is 2.68. The third-order valence-corrected chi connectivity index (χ3v) is 6.04. The van der Waals surface area contributed by atoms with Crippen LogP contribution in [0.4, 0.5) is 14.5 Å². The Hall–Kier alpha value is -3.33. The maximum atomic E-state index is 14.9. The van der Waals surface area contributed by atoms with Crippen molar-refractivity contribution < 1.29 is 17.2 Å². The average molecular weight is 428 g/mol. The van der Waals surface area contributed by atoms with E-state index >= 15 is 0 Å². The van der Waals surface area contributed by atoms with Crippen LogP contribution in [-0.2, 0) is 10.0 Å². The summed E-state index contributed by atoms with van der Waals surface area (Å²) in [6.07, 6.45) is 1.78. The van der Waals surface area contributed by atoms with Gasteiger partial charge in [-0.2, -0.15) is 0 Å². The van der Waals surface area contributed by atoms with E-state index < -0.39 is 15.8 Å². The number of hydrogen-bond acceptors (Lipinski definition) is 4. The zero-order valence-corrected chi connectivity index (χ0v) is 16.8. The van der Waals surface area contributed by atoms with Crippen LogP contribution < -0.4 is 4.72 Å². The van der Waals surface area contributed by atoms with E-state index in [-0.39, 0.29) is 22.8 Å². The molecule has 0 bridgehead atoms. The standard InChI is InChI=1S/C21H18F2N4O2S/c1-2-9-30(28,29)27-15-7-8-16(18(23)10-15)20-17-11-19(26-21(17)25-12-24-20)13-3-5-14(22)6-4-13/h3-8,10-12,27H,2,9H2,1H3,(H,24,25,26). The summed E-state index contributed by atoms with van der Waals surface area (Å²) in [5, 5.41) is 0.593. The number of H-pyrrole nitrogens is 1. The summed E-state index contributed by atoms with van der Waals surface area (Å²) in [6.45, 7) is 1.75. The fraction of sp³-hybridized carbons (Fsp3) is 0.143. The number of aromatic nitrogens is 3. The van der Waals surface area contributed by atoms with E-state index in [0.29, 0.717) is 28.8 Å². The molecule has 0 unspecified atom stereocenters. The molecular formula is C21H18F2N4O2S. The zero-order chi connectivity index (χ0) is 21.3. The highest BCUT2D eigenvalue weighted by Crippen LogP contribution is 2.32. The minimum absolute atomic E-state index is 0.0432. The second-order valence-electron chi connectivity index (χ2n) is 6.79. The van der Waals surface area contributed by atoms with Crippen molar-refractivity contribution in [1.82, 2.24) is 15.0 Å². The molecule has 4 rings (SSSR count). The predicted octanol–water partition coefficient (Wildman–Crippen LogP) is 4.72. The van der Waals surface area contributed by atoms with Gasteiger partial charge in [0.15, 0.2) is 0 Å². The number of fused-ring (bicyclic) bond motifs is 1. The Balaban J connectivity index is 1.73. The predicted molar refractivity (Wildman–Crippen MR) is 112 cm³/mol. The summed E-state index contributed by atoms with van der Waals surface area (Å²) in [4.78, 5) is 11.5. The van der Waals surface area contributed by atoms with Crippen molar-refractivity contribution >= 4 is 26.7 Å². The molecule has 0 aliphatic carbocycles. The number of halogens is 2. The Morgan fingerprint density at radius 3 is 2.50 bits per heavy atom. The van der Waals surface area contributed by atoms with Crippen LogP contribution in [0.1, 0.15) is 13.3 Å². The number of anilines is 1. The number of aromatic amines is 1. The highest BCUT2D eigenvalue weighted by Gasteiger charge is 2.16. The van der Waals surface area contributed by atoms with Crippen LogP contribution in [0.2, 0.25) is 0 Å². The van der Waals surface area contributed by atoms with Gasteiger partial charge in [0.1, 0.15) is 23.6 Å². The number of sulfonamides is 1. The van der Waals surface area contributed by atoms with E-state index in [9.17, 15) is 17.2 Å². The number of benzene rings is 2. The molecule has 0 aliphatic rings. The SMILES string of the molecule is CCCS(=O)(=O)Nc1ccc(-c2ncnc3[nH]c(-c4ccc(F)cc4)cc23)c(F)c1. The second-order valence-corrected chi connectivity index (χ2v) is 8.63. The summed E-state index contributed by atoms with van der Waals surface area (Å²) in [5.74, 6) is -0.999. The van der Waals surface area contributed by atoms with Gasteiger partial charge in [-0.3, -0.25) is 4.72 Å². The Kier molecular flexibility index (Phi) is 5.21. The lowest BCUT2D eigenvalue weighted by Crippen LogP contribution is -2.16. The first kappa shape index (κ1) is 20.0. The van der Waals surface area contributed by atoms with Crippen LogP contribution in [-0.4, -0.2) is 29.1 Å². The van der Waals surface area contributed by atoms with Gasteiger partial charge in [0.25, 0.3) is 0 Å². The number of rotatable bonds is 6. The lowest BCUT2D eigenvalue weighted by Gasteiger charge is -2.09. The maximum absolute atomic E-state index is 14.9. The van der Waals surface area contributed by atoms with Crippen LogP contribution in [0, 0.1) is 11.6 Å². The highest BCUT2D eigenvalue weighted by atomic mass is 32.2. The molecule has 4 aromatic rings. The highest BCUT2D eigenvalue weighted by molar-refractivity contribution is 7.92. The van der Waals surface area contributed by atoms with E-state index in [1.54, 1.807) is 25.1 Å². The molecular weight excluding hydrogens is 410 g/mol. The quantitative estimate of drug-likeness (QED) is 0.465. The van der Waals surface area contributed by atoms with Crippen LogP contribution in [0.25, 0.3) is 33.5 Å². The molecule has 0 aliphatic heterocycles. The maximum Gasteiger partial charge on any atom is 0.232 e. The lowest BCUT2D eigenvalue weighted by molar-refractivity contribution is 0.599. The topological polar surface area (TPSA) is 87.7 Å². The smallest absolute Gasteiger partial charge is 0.232 e. The van der Waals surface area contributed by atoms with Gasteiger partial charge in [-0.25, -0.2) is 27.2 Å². The molecule has 154 valence electrons. The molecule has 30 heavy (non-hydrogen) atoms. The molecule has 0 amide bonds. The van der Waals surface area contributed by atoms with Gasteiger partial charge in [0, 0.05) is 16.6 Å². The van der Waals surface area contributed by atoms with Gasteiger partial charge in [0.2, 0.25) is 10.0 Å². The summed E-state index contributed by atoms with van der Waals surface area (Å²) >= 11 is 0. The fourth-order valence-corrected chi connectivity index (χ4v) is 4.34. The van der Waals surface area contributed by atoms with Crippen LogP contribution in [0.3, 0.4) is 0 Å². The fourth-order valence-electron chi connectivity index (χ4n) is 3.21. The molecule has 2 heterocycles. The normalized spacial score (nSPS) is 11.7. The zero-order valence-electron chi connectivity index (χ0n) is 16.0.